The van der Waals surface area contributed by atoms with Gasteiger partial charge in [0.2, 0.25) is 0 Å². The van der Waals surface area contributed by atoms with E-state index in [0.29, 0.717) is 32.9 Å². The van der Waals surface area contributed by atoms with Gasteiger partial charge in [-0.3, -0.25) is 14.9 Å². The molecule has 1 N–H and O–H groups in total. The number of hydrogen-bond donors (Lipinski definition) is 1. The van der Waals surface area contributed by atoms with Gasteiger partial charge >= 0.3 is 6.03 Å². The lowest BCUT2D eigenvalue weighted by Crippen LogP contribution is -2.54. The quantitative estimate of drug-likeness (QED) is 0.269. The zero-order valence-corrected chi connectivity index (χ0v) is 22.3. The average Bonchev–Trinajstić information content (AvgIpc) is 2.87. The summed E-state index contributed by atoms with van der Waals surface area (Å²) in [5.74, 6) is -0.0896. The Morgan fingerprint density at radius 2 is 1.68 bits per heavy atom. The average molecular weight is 555 g/mol. The maximum atomic E-state index is 13.2. The summed E-state index contributed by atoms with van der Waals surface area (Å²) in [6, 6.07) is 15.6. The third kappa shape index (κ3) is 6.10. The molecule has 0 atom stereocenters. The smallest absolute Gasteiger partial charge is 0.335 e. The number of hydrogen-bond acceptors (Lipinski definition) is 6. The van der Waals surface area contributed by atoms with E-state index >= 15 is 0 Å². The number of urea groups is 1. The van der Waals surface area contributed by atoms with Gasteiger partial charge in [0.15, 0.2) is 11.5 Å². The zero-order valence-electron chi connectivity index (χ0n) is 20.8. The fourth-order valence-electron chi connectivity index (χ4n) is 3.68. The summed E-state index contributed by atoms with van der Waals surface area (Å²) in [6.45, 7) is 3.98. The molecular formula is C28H24Cl2N2O6. The van der Waals surface area contributed by atoms with E-state index in [1.165, 1.54) is 13.2 Å². The topological polar surface area (TPSA) is 94.2 Å². The van der Waals surface area contributed by atoms with E-state index in [2.05, 4.69) is 5.32 Å². The van der Waals surface area contributed by atoms with Crippen LogP contribution >= 0.6 is 23.2 Å². The summed E-state index contributed by atoms with van der Waals surface area (Å²) < 4.78 is 16.8. The highest BCUT2D eigenvalue weighted by atomic mass is 35.5. The van der Waals surface area contributed by atoms with Crippen molar-refractivity contribution in [1.82, 2.24) is 5.32 Å². The van der Waals surface area contributed by atoms with E-state index in [4.69, 9.17) is 37.4 Å². The highest BCUT2D eigenvalue weighted by Crippen LogP contribution is 2.31. The van der Waals surface area contributed by atoms with Crippen LogP contribution in [0.25, 0.3) is 6.08 Å². The standard InChI is InChI=1S/C28H24Cl2N2O6/c1-16(2)38-24-11-4-17(13-25(24)36-3)12-22-26(33)31-28(35)32(27(22)34)20-7-9-21(10-8-20)37-15-18-5-6-19(29)14-23(18)30/h4-14,16H,15H2,1-3H3,(H,31,33,35)/b22-12+. The van der Waals surface area contributed by atoms with Crippen molar-refractivity contribution in [1.29, 1.82) is 0 Å². The van der Waals surface area contributed by atoms with Gasteiger partial charge in [-0.2, -0.15) is 0 Å². The summed E-state index contributed by atoms with van der Waals surface area (Å²) >= 11 is 12.1. The van der Waals surface area contributed by atoms with Crippen molar-refractivity contribution in [2.75, 3.05) is 12.0 Å². The molecule has 0 radical (unpaired) electrons. The summed E-state index contributed by atoms with van der Waals surface area (Å²) in [5, 5.41) is 3.22. The number of nitrogens with one attached hydrogen (secondary N) is 1. The highest BCUT2D eigenvalue weighted by Gasteiger charge is 2.36. The van der Waals surface area contributed by atoms with Crippen LogP contribution < -0.4 is 24.4 Å². The molecule has 1 aliphatic rings. The first-order valence-corrected chi connectivity index (χ1v) is 12.3. The third-order valence-corrected chi connectivity index (χ3v) is 6.05. The Kier molecular flexibility index (Phi) is 8.24. The Hall–Kier alpha value is -4.01. The Morgan fingerprint density at radius 1 is 0.947 bits per heavy atom. The molecule has 0 unspecified atom stereocenters. The number of anilines is 1. The highest BCUT2D eigenvalue weighted by molar-refractivity contribution is 6.39. The number of imide groups is 2. The second-order valence-electron chi connectivity index (χ2n) is 8.55. The number of methoxy groups -OCH3 is 1. The molecule has 8 nitrogen and oxygen atoms in total. The monoisotopic (exact) mass is 554 g/mol. The predicted molar refractivity (Wildman–Crippen MR) is 145 cm³/mol. The molecule has 0 saturated carbocycles. The summed E-state index contributed by atoms with van der Waals surface area (Å²) in [6.07, 6.45) is 1.33. The molecule has 38 heavy (non-hydrogen) atoms. The molecule has 1 heterocycles. The molecule has 196 valence electrons. The van der Waals surface area contributed by atoms with Gasteiger partial charge in [-0.05, 0) is 74.0 Å². The van der Waals surface area contributed by atoms with Gasteiger partial charge in [0, 0.05) is 15.6 Å². The van der Waals surface area contributed by atoms with Crippen molar-refractivity contribution in [3.63, 3.8) is 0 Å². The fourth-order valence-corrected chi connectivity index (χ4v) is 4.14. The van der Waals surface area contributed by atoms with E-state index < -0.39 is 17.8 Å². The number of carbonyl (C=O) groups excluding carboxylic acids is 3. The van der Waals surface area contributed by atoms with Gasteiger partial charge in [-0.15, -0.1) is 0 Å². The molecular weight excluding hydrogens is 531 g/mol. The zero-order chi connectivity index (χ0) is 27.4. The first-order valence-electron chi connectivity index (χ1n) is 11.6. The summed E-state index contributed by atoms with van der Waals surface area (Å²) in [7, 11) is 1.50. The number of carbonyl (C=O) groups is 3. The van der Waals surface area contributed by atoms with Crippen LogP contribution in [0.1, 0.15) is 25.0 Å². The van der Waals surface area contributed by atoms with Crippen LogP contribution in [0.15, 0.2) is 66.2 Å². The molecule has 0 aromatic heterocycles. The molecule has 0 aliphatic carbocycles. The van der Waals surface area contributed by atoms with Gasteiger partial charge in [0.1, 0.15) is 17.9 Å². The summed E-state index contributed by atoms with van der Waals surface area (Å²) in [4.78, 5) is 39.2. The largest absolute Gasteiger partial charge is 0.493 e. The maximum absolute atomic E-state index is 13.2. The molecule has 3 aromatic carbocycles. The normalized spacial score (nSPS) is 14.6. The summed E-state index contributed by atoms with van der Waals surface area (Å²) in [5.41, 5.74) is 1.33. The molecule has 1 fully saturated rings. The molecule has 1 aliphatic heterocycles. The van der Waals surface area contributed by atoms with Crippen LogP contribution in [0.2, 0.25) is 10.0 Å². The molecule has 0 bridgehead atoms. The number of benzene rings is 3. The van der Waals surface area contributed by atoms with E-state index in [1.54, 1.807) is 60.7 Å². The van der Waals surface area contributed by atoms with Crippen LogP contribution in [0.4, 0.5) is 10.5 Å². The third-order valence-electron chi connectivity index (χ3n) is 5.47. The van der Waals surface area contributed by atoms with Gasteiger partial charge in [-0.1, -0.05) is 35.3 Å². The lowest BCUT2D eigenvalue weighted by molar-refractivity contribution is -0.122. The Balaban J connectivity index is 1.53. The molecule has 3 aromatic rings. The molecule has 4 rings (SSSR count). The van der Waals surface area contributed by atoms with Crippen molar-refractivity contribution in [3.05, 3.63) is 87.4 Å². The first kappa shape index (κ1) is 27.0. The Morgan fingerprint density at radius 3 is 2.34 bits per heavy atom. The number of rotatable bonds is 8. The van der Waals surface area contributed by atoms with Crippen molar-refractivity contribution < 1.29 is 28.6 Å². The van der Waals surface area contributed by atoms with Crippen molar-refractivity contribution in [3.8, 4) is 17.2 Å². The first-order chi connectivity index (χ1) is 18.2. The van der Waals surface area contributed by atoms with Crippen LogP contribution in [-0.4, -0.2) is 31.1 Å². The van der Waals surface area contributed by atoms with Crippen LogP contribution in [-0.2, 0) is 16.2 Å². The van der Waals surface area contributed by atoms with Crippen LogP contribution in [0.3, 0.4) is 0 Å². The number of nitrogens with zero attached hydrogens (tertiary/aromatic N) is 1. The van der Waals surface area contributed by atoms with Gasteiger partial charge < -0.3 is 14.2 Å². The molecule has 10 heteroatoms. The SMILES string of the molecule is COc1cc(/C=C2\C(=O)NC(=O)N(c3ccc(OCc4ccc(Cl)cc4Cl)cc3)C2=O)ccc1OC(C)C. The van der Waals surface area contributed by atoms with Crippen molar-refractivity contribution >= 4 is 52.8 Å². The Bertz CT molecular complexity index is 1420. The lowest BCUT2D eigenvalue weighted by Gasteiger charge is -2.26. The second kappa shape index (κ2) is 11.6. The fraction of sp³-hybridized carbons (Fsp3) is 0.179. The number of amides is 4. The van der Waals surface area contributed by atoms with E-state index in [9.17, 15) is 14.4 Å². The number of barbiturate groups is 1. The second-order valence-corrected chi connectivity index (χ2v) is 9.40. The van der Waals surface area contributed by atoms with Crippen LogP contribution in [0.5, 0.6) is 17.2 Å². The Labute approximate surface area is 229 Å². The van der Waals surface area contributed by atoms with E-state index in [0.717, 1.165) is 10.5 Å². The number of halogens is 2. The van der Waals surface area contributed by atoms with E-state index in [1.807, 2.05) is 13.8 Å². The number of ether oxygens (including phenoxy) is 3. The van der Waals surface area contributed by atoms with Crippen molar-refractivity contribution in [2.24, 2.45) is 0 Å². The minimum Gasteiger partial charge on any atom is -0.493 e. The van der Waals surface area contributed by atoms with Gasteiger partial charge in [0.25, 0.3) is 11.8 Å². The predicted octanol–water partition coefficient (Wildman–Crippen LogP) is 6.03. The van der Waals surface area contributed by atoms with Crippen molar-refractivity contribution in [2.45, 2.75) is 26.6 Å². The molecule has 0 spiro atoms. The maximum Gasteiger partial charge on any atom is 0.335 e. The van der Waals surface area contributed by atoms with E-state index in [-0.39, 0.29) is 24.0 Å². The molecule has 1 saturated heterocycles. The molecule has 4 amide bonds. The van der Waals surface area contributed by atoms with Gasteiger partial charge in [0.05, 0.1) is 18.9 Å². The minimum absolute atomic E-state index is 0.0644. The van der Waals surface area contributed by atoms with Gasteiger partial charge in [-0.25, -0.2) is 9.69 Å². The van der Waals surface area contributed by atoms with Crippen LogP contribution in [0, 0.1) is 0 Å². The minimum atomic E-state index is -0.850. The lowest BCUT2D eigenvalue weighted by atomic mass is 10.1.